The molecule has 0 aliphatic carbocycles. The van der Waals surface area contributed by atoms with Crippen LogP contribution in [0.2, 0.25) is 0 Å². The molecular formula is C22H24N8O. The third kappa shape index (κ3) is 3.64. The number of anilines is 1. The van der Waals surface area contributed by atoms with Crippen molar-refractivity contribution in [2.75, 3.05) is 18.8 Å². The number of aromatic amines is 1. The molecule has 0 spiro atoms. The zero-order valence-electron chi connectivity index (χ0n) is 17.2. The van der Waals surface area contributed by atoms with Crippen molar-refractivity contribution in [1.82, 2.24) is 35.0 Å². The van der Waals surface area contributed by atoms with E-state index in [0.717, 1.165) is 42.0 Å². The standard InChI is InChI=1S/C22H24N8O/c1-13-10-26-17-7-6-14(12-30(13)17)18-19(16-5-3-9-25-16)29-21(23)20(28-18)22(31)27-11-15-4-2-8-24-15/h3,5-7,9-10,12,15,24-25H,2,4,8,11H2,1H3,(H2,23,29)(H,27,31)/t15-/m0/s1. The van der Waals surface area contributed by atoms with Gasteiger partial charge in [0.15, 0.2) is 11.5 Å². The van der Waals surface area contributed by atoms with Gasteiger partial charge >= 0.3 is 0 Å². The first-order chi connectivity index (χ1) is 15.1. The number of nitrogen functional groups attached to an aromatic ring is 1. The van der Waals surface area contributed by atoms with Crippen molar-refractivity contribution in [3.63, 3.8) is 0 Å². The number of aromatic nitrogens is 5. The van der Waals surface area contributed by atoms with E-state index in [1.54, 1.807) is 0 Å². The van der Waals surface area contributed by atoms with Crippen LogP contribution in [0.4, 0.5) is 5.82 Å². The SMILES string of the molecule is Cc1cnc2ccc(-c3nc(C(=O)NC[C@@H]4CCCN4)c(N)nc3-c3ccc[nH]3)cn12. The summed E-state index contributed by atoms with van der Waals surface area (Å²) in [6, 6.07) is 7.92. The summed E-state index contributed by atoms with van der Waals surface area (Å²) < 4.78 is 1.98. The molecule has 0 radical (unpaired) electrons. The molecule has 5 heterocycles. The molecule has 4 aromatic rings. The van der Waals surface area contributed by atoms with Gasteiger partial charge in [-0.2, -0.15) is 0 Å². The zero-order chi connectivity index (χ0) is 21.4. The number of fused-ring (bicyclic) bond motifs is 1. The van der Waals surface area contributed by atoms with Crippen LogP contribution in [0.15, 0.2) is 42.9 Å². The zero-order valence-corrected chi connectivity index (χ0v) is 17.2. The van der Waals surface area contributed by atoms with Gasteiger partial charge in [-0.25, -0.2) is 15.0 Å². The molecule has 5 rings (SSSR count). The van der Waals surface area contributed by atoms with Gasteiger partial charge in [-0.05, 0) is 50.6 Å². The average Bonchev–Trinajstić information content (AvgIpc) is 3.55. The van der Waals surface area contributed by atoms with Crippen molar-refractivity contribution >= 4 is 17.4 Å². The van der Waals surface area contributed by atoms with E-state index in [4.69, 9.17) is 10.7 Å². The molecule has 0 aromatic carbocycles. The second-order valence-electron chi connectivity index (χ2n) is 7.79. The molecule has 0 bridgehead atoms. The maximum absolute atomic E-state index is 12.9. The smallest absolute Gasteiger partial charge is 0.273 e. The molecule has 4 aromatic heterocycles. The Hall–Kier alpha value is -3.72. The van der Waals surface area contributed by atoms with Gasteiger partial charge in [0.05, 0.1) is 5.69 Å². The molecule has 1 aliphatic rings. The van der Waals surface area contributed by atoms with Crippen LogP contribution in [-0.2, 0) is 0 Å². The third-order valence-electron chi connectivity index (χ3n) is 5.63. The summed E-state index contributed by atoms with van der Waals surface area (Å²) in [4.78, 5) is 29.7. The number of nitrogens with one attached hydrogen (secondary N) is 3. The number of hydrogen-bond donors (Lipinski definition) is 4. The molecule has 31 heavy (non-hydrogen) atoms. The minimum atomic E-state index is -0.321. The summed E-state index contributed by atoms with van der Waals surface area (Å²) in [6.45, 7) is 3.50. The number of carbonyl (C=O) groups excluding carboxylic acids is 1. The van der Waals surface area contributed by atoms with Crippen LogP contribution < -0.4 is 16.4 Å². The highest BCUT2D eigenvalue weighted by atomic mass is 16.1. The Morgan fingerprint density at radius 1 is 1.29 bits per heavy atom. The molecule has 1 amide bonds. The average molecular weight is 416 g/mol. The van der Waals surface area contributed by atoms with E-state index in [-0.39, 0.29) is 23.5 Å². The van der Waals surface area contributed by atoms with Crippen LogP contribution in [0.25, 0.3) is 28.3 Å². The number of nitrogens with two attached hydrogens (primary N) is 1. The molecule has 1 saturated heterocycles. The molecular weight excluding hydrogens is 392 g/mol. The van der Waals surface area contributed by atoms with Gasteiger partial charge in [-0.3, -0.25) is 4.79 Å². The van der Waals surface area contributed by atoms with Crippen molar-refractivity contribution in [3.05, 3.63) is 54.2 Å². The summed E-state index contributed by atoms with van der Waals surface area (Å²) in [5.41, 5.74) is 10.9. The maximum Gasteiger partial charge on any atom is 0.273 e. The van der Waals surface area contributed by atoms with Crippen molar-refractivity contribution in [1.29, 1.82) is 0 Å². The molecule has 1 aliphatic heterocycles. The van der Waals surface area contributed by atoms with E-state index in [2.05, 4.69) is 25.6 Å². The first-order valence-corrected chi connectivity index (χ1v) is 10.4. The van der Waals surface area contributed by atoms with Crippen LogP contribution >= 0.6 is 0 Å². The molecule has 9 nitrogen and oxygen atoms in total. The normalized spacial score (nSPS) is 16.1. The number of pyridine rings is 1. The molecule has 158 valence electrons. The Morgan fingerprint density at radius 2 is 2.19 bits per heavy atom. The first-order valence-electron chi connectivity index (χ1n) is 10.4. The molecule has 1 fully saturated rings. The fourth-order valence-electron chi connectivity index (χ4n) is 3.96. The quantitative estimate of drug-likeness (QED) is 0.395. The highest BCUT2D eigenvalue weighted by Gasteiger charge is 2.22. The number of amides is 1. The van der Waals surface area contributed by atoms with Gasteiger partial charge in [-0.1, -0.05) is 0 Å². The fourth-order valence-corrected chi connectivity index (χ4v) is 3.96. The number of nitrogens with zero attached hydrogens (tertiary/aromatic N) is 4. The Bertz CT molecular complexity index is 1240. The Kier molecular flexibility index (Phi) is 4.87. The maximum atomic E-state index is 12.9. The van der Waals surface area contributed by atoms with Crippen molar-refractivity contribution < 1.29 is 4.79 Å². The number of imidazole rings is 1. The summed E-state index contributed by atoms with van der Waals surface area (Å²) in [7, 11) is 0. The molecule has 0 unspecified atom stereocenters. The van der Waals surface area contributed by atoms with E-state index in [9.17, 15) is 4.79 Å². The van der Waals surface area contributed by atoms with Gasteiger partial charge in [0.2, 0.25) is 0 Å². The van der Waals surface area contributed by atoms with Gasteiger partial charge in [-0.15, -0.1) is 0 Å². The Labute approximate surface area is 179 Å². The van der Waals surface area contributed by atoms with Crippen LogP contribution in [0.1, 0.15) is 29.0 Å². The number of hydrogen-bond acceptors (Lipinski definition) is 6. The number of aryl methyl sites for hydroxylation is 1. The number of rotatable bonds is 5. The monoisotopic (exact) mass is 416 g/mol. The second-order valence-corrected chi connectivity index (χ2v) is 7.79. The number of carbonyl (C=O) groups is 1. The lowest BCUT2D eigenvalue weighted by molar-refractivity contribution is 0.0946. The topological polar surface area (TPSA) is 126 Å². The van der Waals surface area contributed by atoms with Crippen LogP contribution in [-0.4, -0.2) is 49.4 Å². The summed E-state index contributed by atoms with van der Waals surface area (Å²) in [6.07, 6.45) is 7.75. The fraction of sp³-hybridized carbons (Fsp3) is 0.273. The summed E-state index contributed by atoms with van der Waals surface area (Å²) >= 11 is 0. The lowest BCUT2D eigenvalue weighted by Crippen LogP contribution is -2.37. The van der Waals surface area contributed by atoms with Gasteiger partial charge in [0.25, 0.3) is 5.91 Å². The van der Waals surface area contributed by atoms with Crippen molar-refractivity contribution in [3.8, 4) is 22.6 Å². The second kappa shape index (κ2) is 7.84. The van der Waals surface area contributed by atoms with E-state index < -0.39 is 0 Å². The minimum absolute atomic E-state index is 0.102. The van der Waals surface area contributed by atoms with Crippen molar-refractivity contribution in [2.45, 2.75) is 25.8 Å². The minimum Gasteiger partial charge on any atom is -0.382 e. The summed E-state index contributed by atoms with van der Waals surface area (Å²) in [5.74, 6) is -0.219. The summed E-state index contributed by atoms with van der Waals surface area (Å²) in [5, 5.41) is 6.31. The third-order valence-corrected chi connectivity index (χ3v) is 5.63. The lowest BCUT2D eigenvalue weighted by Gasteiger charge is -2.14. The predicted molar refractivity (Wildman–Crippen MR) is 119 cm³/mol. The highest BCUT2D eigenvalue weighted by Crippen LogP contribution is 2.30. The van der Waals surface area contributed by atoms with Gasteiger partial charge in [0.1, 0.15) is 17.0 Å². The predicted octanol–water partition coefficient (Wildman–Crippen LogP) is 2.16. The van der Waals surface area contributed by atoms with Crippen LogP contribution in [0, 0.1) is 6.92 Å². The van der Waals surface area contributed by atoms with Crippen LogP contribution in [0.3, 0.4) is 0 Å². The van der Waals surface area contributed by atoms with Gasteiger partial charge in [0, 0.05) is 42.4 Å². The highest BCUT2D eigenvalue weighted by molar-refractivity contribution is 5.98. The van der Waals surface area contributed by atoms with Gasteiger partial charge < -0.3 is 25.8 Å². The number of H-pyrrole nitrogens is 1. The largest absolute Gasteiger partial charge is 0.382 e. The Morgan fingerprint density at radius 3 is 2.97 bits per heavy atom. The Balaban J connectivity index is 1.57. The van der Waals surface area contributed by atoms with Crippen LogP contribution in [0.5, 0.6) is 0 Å². The molecule has 1 atom stereocenters. The van der Waals surface area contributed by atoms with E-state index in [1.165, 1.54) is 0 Å². The van der Waals surface area contributed by atoms with E-state index in [1.807, 2.05) is 54.2 Å². The molecule has 5 N–H and O–H groups in total. The lowest BCUT2D eigenvalue weighted by atomic mass is 10.1. The van der Waals surface area contributed by atoms with E-state index >= 15 is 0 Å². The molecule has 0 saturated carbocycles. The van der Waals surface area contributed by atoms with Crippen molar-refractivity contribution in [2.24, 2.45) is 0 Å². The molecule has 9 heteroatoms. The first kappa shape index (κ1) is 19.3. The van der Waals surface area contributed by atoms with E-state index in [0.29, 0.717) is 17.9 Å².